The summed E-state index contributed by atoms with van der Waals surface area (Å²) in [7, 11) is 0. The highest BCUT2D eigenvalue weighted by Crippen LogP contribution is 2.18. The van der Waals surface area contributed by atoms with Crippen LogP contribution in [0.2, 0.25) is 0 Å². The Balaban J connectivity index is 2.55. The normalized spacial score (nSPS) is 12.4. The van der Waals surface area contributed by atoms with Crippen LogP contribution in [0.1, 0.15) is 23.0 Å². The summed E-state index contributed by atoms with van der Waals surface area (Å²) in [5.74, 6) is -0.168. The number of thiophene rings is 1. The summed E-state index contributed by atoms with van der Waals surface area (Å²) in [6.45, 7) is 1.92. The summed E-state index contributed by atoms with van der Waals surface area (Å²) >= 11 is 1.32. The standard InChI is InChI=1S/C9H14N2O2S/c1-6(2-4-12)11-9(13)8-7(10)3-5-14-8/h3,5-6,12H,2,4,10H2,1H3,(H,11,13). The van der Waals surface area contributed by atoms with E-state index in [1.54, 1.807) is 11.4 Å². The van der Waals surface area contributed by atoms with Gasteiger partial charge in [0, 0.05) is 12.6 Å². The lowest BCUT2D eigenvalue weighted by atomic mass is 10.2. The van der Waals surface area contributed by atoms with Crippen molar-refractivity contribution in [1.29, 1.82) is 0 Å². The zero-order chi connectivity index (χ0) is 10.6. The Bertz CT molecular complexity index is 312. The zero-order valence-electron chi connectivity index (χ0n) is 7.99. The maximum atomic E-state index is 11.5. The molecule has 1 rings (SSSR count). The first-order valence-electron chi connectivity index (χ1n) is 4.40. The number of nitrogens with one attached hydrogen (secondary N) is 1. The number of hydrogen-bond acceptors (Lipinski definition) is 4. The van der Waals surface area contributed by atoms with Crippen LogP contribution in [0.15, 0.2) is 11.4 Å². The summed E-state index contributed by atoms with van der Waals surface area (Å²) < 4.78 is 0. The number of hydrogen-bond donors (Lipinski definition) is 3. The maximum absolute atomic E-state index is 11.5. The molecule has 1 aromatic heterocycles. The Hall–Kier alpha value is -1.07. The van der Waals surface area contributed by atoms with Crippen molar-refractivity contribution in [3.63, 3.8) is 0 Å². The highest BCUT2D eigenvalue weighted by molar-refractivity contribution is 7.12. The molecule has 0 radical (unpaired) electrons. The van der Waals surface area contributed by atoms with Crippen molar-refractivity contribution in [2.24, 2.45) is 0 Å². The Morgan fingerprint density at radius 1 is 1.79 bits per heavy atom. The summed E-state index contributed by atoms with van der Waals surface area (Å²) in [5.41, 5.74) is 6.09. The molecule has 4 N–H and O–H groups in total. The van der Waals surface area contributed by atoms with Crippen molar-refractivity contribution in [3.05, 3.63) is 16.3 Å². The van der Waals surface area contributed by atoms with E-state index in [0.29, 0.717) is 17.0 Å². The van der Waals surface area contributed by atoms with E-state index < -0.39 is 0 Å². The van der Waals surface area contributed by atoms with Gasteiger partial charge in [0.25, 0.3) is 5.91 Å². The number of carbonyl (C=O) groups is 1. The fourth-order valence-corrected chi connectivity index (χ4v) is 1.78. The van der Waals surface area contributed by atoms with Crippen molar-refractivity contribution in [2.75, 3.05) is 12.3 Å². The van der Waals surface area contributed by atoms with Crippen LogP contribution in [0.5, 0.6) is 0 Å². The number of nitrogens with two attached hydrogens (primary N) is 1. The third-order valence-corrected chi connectivity index (χ3v) is 2.77. The predicted octanol–water partition coefficient (Wildman–Crippen LogP) is 0.831. The van der Waals surface area contributed by atoms with Crippen LogP contribution in [-0.4, -0.2) is 23.7 Å². The van der Waals surface area contributed by atoms with Crippen molar-refractivity contribution in [1.82, 2.24) is 5.32 Å². The molecule has 14 heavy (non-hydrogen) atoms. The van der Waals surface area contributed by atoms with E-state index in [4.69, 9.17) is 10.8 Å². The van der Waals surface area contributed by atoms with Gasteiger partial charge in [-0.3, -0.25) is 4.79 Å². The molecule has 1 amide bonds. The molecule has 5 heteroatoms. The Labute approximate surface area is 86.7 Å². The van der Waals surface area contributed by atoms with Gasteiger partial charge in [-0.25, -0.2) is 0 Å². The zero-order valence-corrected chi connectivity index (χ0v) is 8.80. The fourth-order valence-electron chi connectivity index (χ4n) is 1.06. The number of aliphatic hydroxyl groups excluding tert-OH is 1. The third kappa shape index (κ3) is 2.71. The summed E-state index contributed by atoms with van der Waals surface area (Å²) in [4.78, 5) is 12.1. The third-order valence-electron chi connectivity index (χ3n) is 1.84. The van der Waals surface area contributed by atoms with E-state index in [0.717, 1.165) is 0 Å². The largest absolute Gasteiger partial charge is 0.397 e. The van der Waals surface area contributed by atoms with Gasteiger partial charge < -0.3 is 16.2 Å². The van der Waals surface area contributed by atoms with E-state index in [1.165, 1.54) is 11.3 Å². The average molecular weight is 214 g/mol. The number of anilines is 1. The van der Waals surface area contributed by atoms with Gasteiger partial charge in [-0.05, 0) is 24.8 Å². The van der Waals surface area contributed by atoms with Gasteiger partial charge in [-0.2, -0.15) is 0 Å². The van der Waals surface area contributed by atoms with Gasteiger partial charge in [0.15, 0.2) is 0 Å². The van der Waals surface area contributed by atoms with Crippen LogP contribution >= 0.6 is 11.3 Å². The highest BCUT2D eigenvalue weighted by atomic mass is 32.1. The lowest BCUT2D eigenvalue weighted by molar-refractivity contribution is 0.0939. The van der Waals surface area contributed by atoms with E-state index >= 15 is 0 Å². The van der Waals surface area contributed by atoms with Gasteiger partial charge in [-0.1, -0.05) is 0 Å². The fraction of sp³-hybridized carbons (Fsp3) is 0.444. The average Bonchev–Trinajstić information content (AvgIpc) is 2.51. The molecule has 0 saturated carbocycles. The van der Waals surface area contributed by atoms with E-state index in [9.17, 15) is 4.79 Å². The lowest BCUT2D eigenvalue weighted by Crippen LogP contribution is -2.33. The smallest absolute Gasteiger partial charge is 0.263 e. The van der Waals surface area contributed by atoms with Crippen molar-refractivity contribution in [3.8, 4) is 0 Å². The van der Waals surface area contributed by atoms with E-state index in [1.807, 2.05) is 6.92 Å². The molecule has 1 aromatic rings. The molecule has 78 valence electrons. The molecule has 0 aliphatic rings. The monoisotopic (exact) mass is 214 g/mol. The number of amides is 1. The Morgan fingerprint density at radius 3 is 3.00 bits per heavy atom. The second-order valence-corrected chi connectivity index (χ2v) is 4.01. The van der Waals surface area contributed by atoms with Crippen LogP contribution in [0, 0.1) is 0 Å². The molecule has 0 spiro atoms. The maximum Gasteiger partial charge on any atom is 0.263 e. The first kappa shape index (κ1) is 11.0. The summed E-state index contributed by atoms with van der Waals surface area (Å²) in [5, 5.41) is 13.2. The predicted molar refractivity (Wildman–Crippen MR) is 57.4 cm³/mol. The molecule has 0 fully saturated rings. The summed E-state index contributed by atoms with van der Waals surface area (Å²) in [6, 6.07) is 1.67. The first-order valence-corrected chi connectivity index (χ1v) is 5.27. The Kier molecular flexibility index (Phi) is 3.91. The van der Waals surface area contributed by atoms with Crippen molar-refractivity contribution >= 4 is 22.9 Å². The molecule has 1 heterocycles. The lowest BCUT2D eigenvalue weighted by Gasteiger charge is -2.11. The molecule has 4 nitrogen and oxygen atoms in total. The number of carbonyl (C=O) groups excluding carboxylic acids is 1. The molecular formula is C9H14N2O2S. The van der Waals surface area contributed by atoms with Crippen LogP contribution in [-0.2, 0) is 0 Å². The molecule has 0 aromatic carbocycles. The molecule has 0 aliphatic carbocycles. The number of aliphatic hydroxyl groups is 1. The molecule has 1 unspecified atom stereocenters. The first-order chi connectivity index (χ1) is 6.65. The van der Waals surface area contributed by atoms with Gasteiger partial charge in [0.2, 0.25) is 0 Å². The van der Waals surface area contributed by atoms with Crippen LogP contribution < -0.4 is 11.1 Å². The molecule has 0 aliphatic heterocycles. The van der Waals surface area contributed by atoms with Gasteiger partial charge >= 0.3 is 0 Å². The highest BCUT2D eigenvalue weighted by Gasteiger charge is 2.13. The van der Waals surface area contributed by atoms with Crippen LogP contribution in [0.3, 0.4) is 0 Å². The Morgan fingerprint density at radius 2 is 2.50 bits per heavy atom. The van der Waals surface area contributed by atoms with Gasteiger partial charge in [-0.15, -0.1) is 11.3 Å². The number of rotatable bonds is 4. The minimum atomic E-state index is -0.168. The van der Waals surface area contributed by atoms with Crippen LogP contribution in [0.4, 0.5) is 5.69 Å². The van der Waals surface area contributed by atoms with Crippen molar-refractivity contribution < 1.29 is 9.90 Å². The topological polar surface area (TPSA) is 75.3 Å². The van der Waals surface area contributed by atoms with Crippen molar-refractivity contribution in [2.45, 2.75) is 19.4 Å². The van der Waals surface area contributed by atoms with E-state index in [2.05, 4.69) is 5.32 Å². The second-order valence-electron chi connectivity index (χ2n) is 3.09. The molecule has 0 bridgehead atoms. The van der Waals surface area contributed by atoms with Gasteiger partial charge in [0.05, 0.1) is 5.69 Å². The molecular weight excluding hydrogens is 200 g/mol. The number of nitrogen functional groups attached to an aromatic ring is 1. The van der Waals surface area contributed by atoms with Crippen LogP contribution in [0.25, 0.3) is 0 Å². The van der Waals surface area contributed by atoms with Gasteiger partial charge in [0.1, 0.15) is 4.88 Å². The molecule has 1 atom stereocenters. The van der Waals surface area contributed by atoms with E-state index in [-0.39, 0.29) is 18.6 Å². The second kappa shape index (κ2) is 4.97. The quantitative estimate of drug-likeness (QED) is 0.695. The minimum Gasteiger partial charge on any atom is -0.397 e. The molecule has 0 saturated heterocycles. The summed E-state index contributed by atoms with van der Waals surface area (Å²) in [6.07, 6.45) is 0.553. The SMILES string of the molecule is CC(CCO)NC(=O)c1sccc1N. The minimum absolute atomic E-state index is 0.0333.